The molecule has 3 N–H and O–H groups in total. The van der Waals surface area contributed by atoms with Crippen LogP contribution in [-0.4, -0.2) is 40.4 Å². The number of hydrogen-bond donors (Lipinski definition) is 2. The summed E-state index contributed by atoms with van der Waals surface area (Å²) in [6.07, 6.45) is 8.14. The van der Waals surface area contributed by atoms with Crippen LogP contribution in [0.4, 0.5) is 10.3 Å². The van der Waals surface area contributed by atoms with E-state index < -0.39 is 0 Å². The van der Waals surface area contributed by atoms with E-state index in [0.29, 0.717) is 25.4 Å². The average Bonchev–Trinajstić information content (AvgIpc) is 2.87. The van der Waals surface area contributed by atoms with Gasteiger partial charge in [0.2, 0.25) is 5.95 Å². The number of benzene rings is 1. The molecule has 0 bridgehead atoms. The number of nitrogens with one attached hydrogen (secondary N) is 1. The molecule has 1 aliphatic heterocycles. The number of halogens is 1. The third kappa shape index (κ3) is 5.32. The first-order chi connectivity index (χ1) is 17.1. The molecule has 1 unspecified atom stereocenters. The van der Waals surface area contributed by atoms with Crippen LogP contribution in [0.1, 0.15) is 54.1 Å². The Kier molecular flexibility index (Phi) is 6.99. The Morgan fingerprint density at radius 2 is 2.03 bits per heavy atom. The highest BCUT2D eigenvalue weighted by Crippen LogP contribution is 2.38. The standard InChI is InChI=1S/C27H31FN6O/c1-17-26-24(33-27(29)32-17)13-20(14-25(26)34-35-12-8-18-6-10-30-11-7-18)22-5-4-21(28)15-23(22)19-3-2-9-31-16-19/h2-5,9,15-16,18,20,30H,6-8,10-14H2,1H3,(H2,29,32,33)/b34-25+. The van der Waals surface area contributed by atoms with Crippen molar-refractivity contribution < 1.29 is 9.23 Å². The van der Waals surface area contributed by atoms with E-state index in [2.05, 4.69) is 25.4 Å². The molecule has 182 valence electrons. The molecule has 1 fully saturated rings. The van der Waals surface area contributed by atoms with Crippen LogP contribution in [0.5, 0.6) is 0 Å². The van der Waals surface area contributed by atoms with E-state index in [1.807, 2.05) is 25.1 Å². The number of nitrogens with zero attached hydrogens (tertiary/aromatic N) is 4. The lowest BCUT2D eigenvalue weighted by Crippen LogP contribution is -2.28. The molecule has 0 spiro atoms. The third-order valence-corrected chi connectivity index (χ3v) is 7.03. The SMILES string of the molecule is Cc1nc(N)nc2c1/C(=N/OCCC1CCNCC1)CC(c1ccc(F)cc1-c1cccnc1)C2. The Morgan fingerprint density at radius 1 is 1.17 bits per heavy atom. The van der Waals surface area contributed by atoms with Gasteiger partial charge in [-0.3, -0.25) is 4.98 Å². The molecule has 0 saturated carbocycles. The van der Waals surface area contributed by atoms with Gasteiger partial charge in [-0.1, -0.05) is 17.3 Å². The van der Waals surface area contributed by atoms with Crippen molar-refractivity contribution >= 4 is 11.7 Å². The van der Waals surface area contributed by atoms with Crippen LogP contribution in [0.2, 0.25) is 0 Å². The molecule has 2 aliphatic rings. The average molecular weight is 475 g/mol. The van der Waals surface area contributed by atoms with E-state index >= 15 is 0 Å². The van der Waals surface area contributed by atoms with Crippen molar-refractivity contribution in [1.29, 1.82) is 0 Å². The van der Waals surface area contributed by atoms with Crippen molar-refractivity contribution in [1.82, 2.24) is 20.3 Å². The van der Waals surface area contributed by atoms with Crippen LogP contribution in [0.25, 0.3) is 11.1 Å². The minimum atomic E-state index is -0.277. The zero-order valence-corrected chi connectivity index (χ0v) is 20.0. The van der Waals surface area contributed by atoms with Crippen molar-refractivity contribution in [2.45, 2.75) is 44.9 Å². The Labute approximate surface area is 205 Å². The number of pyridine rings is 1. The summed E-state index contributed by atoms with van der Waals surface area (Å²) < 4.78 is 14.3. The molecule has 1 aromatic carbocycles. The van der Waals surface area contributed by atoms with Gasteiger partial charge in [-0.05, 0) is 86.9 Å². The fraction of sp³-hybridized carbons (Fsp3) is 0.407. The maximum atomic E-state index is 14.3. The van der Waals surface area contributed by atoms with E-state index in [-0.39, 0.29) is 17.7 Å². The van der Waals surface area contributed by atoms with Crippen LogP contribution in [-0.2, 0) is 11.3 Å². The highest BCUT2D eigenvalue weighted by Gasteiger charge is 2.30. The first-order valence-electron chi connectivity index (χ1n) is 12.3. The summed E-state index contributed by atoms with van der Waals surface area (Å²) in [4.78, 5) is 19.0. The maximum absolute atomic E-state index is 14.3. The Balaban J connectivity index is 1.45. The van der Waals surface area contributed by atoms with Gasteiger partial charge in [-0.2, -0.15) is 0 Å². The molecule has 35 heavy (non-hydrogen) atoms. The van der Waals surface area contributed by atoms with Gasteiger partial charge in [0, 0.05) is 29.9 Å². The summed E-state index contributed by atoms with van der Waals surface area (Å²) in [6, 6.07) is 8.76. The summed E-state index contributed by atoms with van der Waals surface area (Å²) in [5, 5.41) is 7.99. The fourth-order valence-corrected chi connectivity index (χ4v) is 5.29. The molecule has 2 aromatic heterocycles. The predicted octanol–water partition coefficient (Wildman–Crippen LogP) is 4.41. The van der Waals surface area contributed by atoms with Gasteiger partial charge in [0.1, 0.15) is 12.4 Å². The van der Waals surface area contributed by atoms with Gasteiger partial charge in [0.25, 0.3) is 0 Å². The number of hydrogen-bond acceptors (Lipinski definition) is 7. The zero-order chi connectivity index (χ0) is 24.2. The largest absolute Gasteiger partial charge is 0.396 e. The number of oxime groups is 1. The summed E-state index contributed by atoms with van der Waals surface area (Å²) in [6.45, 7) is 4.66. The number of aryl methyl sites for hydroxylation is 1. The highest BCUT2D eigenvalue weighted by molar-refractivity contribution is 6.03. The Bertz CT molecular complexity index is 1210. The van der Waals surface area contributed by atoms with E-state index in [1.165, 1.54) is 18.9 Å². The summed E-state index contributed by atoms with van der Waals surface area (Å²) in [5.74, 6) is 0.689. The van der Waals surface area contributed by atoms with E-state index in [0.717, 1.165) is 58.9 Å². The van der Waals surface area contributed by atoms with Gasteiger partial charge in [-0.15, -0.1) is 0 Å². The zero-order valence-electron chi connectivity index (χ0n) is 20.0. The Hall–Kier alpha value is -3.39. The van der Waals surface area contributed by atoms with Crippen molar-refractivity contribution in [3.63, 3.8) is 0 Å². The summed E-state index contributed by atoms with van der Waals surface area (Å²) in [7, 11) is 0. The number of piperidine rings is 1. The third-order valence-electron chi connectivity index (χ3n) is 7.03. The van der Waals surface area contributed by atoms with Crippen LogP contribution >= 0.6 is 0 Å². The minimum Gasteiger partial charge on any atom is -0.396 e. The second kappa shape index (κ2) is 10.5. The molecular formula is C27H31FN6O. The molecule has 1 aliphatic carbocycles. The number of aromatic nitrogens is 3. The number of rotatable bonds is 6. The molecule has 3 heterocycles. The van der Waals surface area contributed by atoms with Crippen molar-refractivity contribution in [2.75, 3.05) is 25.4 Å². The lowest BCUT2D eigenvalue weighted by molar-refractivity contribution is 0.122. The molecule has 8 heteroatoms. The van der Waals surface area contributed by atoms with Gasteiger partial charge in [-0.25, -0.2) is 14.4 Å². The molecule has 0 radical (unpaired) electrons. The first-order valence-corrected chi connectivity index (χ1v) is 12.3. The van der Waals surface area contributed by atoms with Crippen LogP contribution in [0.15, 0.2) is 47.9 Å². The topological polar surface area (TPSA) is 98.3 Å². The number of anilines is 1. The van der Waals surface area contributed by atoms with E-state index in [1.54, 1.807) is 18.5 Å². The summed E-state index contributed by atoms with van der Waals surface area (Å²) >= 11 is 0. The van der Waals surface area contributed by atoms with Gasteiger partial charge in [0.05, 0.1) is 17.1 Å². The van der Waals surface area contributed by atoms with E-state index in [4.69, 9.17) is 10.6 Å². The van der Waals surface area contributed by atoms with Gasteiger partial charge >= 0.3 is 0 Å². The van der Waals surface area contributed by atoms with Crippen molar-refractivity contribution in [3.05, 3.63) is 71.1 Å². The van der Waals surface area contributed by atoms with Crippen LogP contribution in [0, 0.1) is 18.7 Å². The minimum absolute atomic E-state index is 0.0405. The molecule has 1 atom stereocenters. The molecule has 5 rings (SSSR count). The Morgan fingerprint density at radius 3 is 2.83 bits per heavy atom. The number of nitrogens with two attached hydrogens (primary N) is 1. The lowest BCUT2D eigenvalue weighted by Gasteiger charge is -2.28. The predicted molar refractivity (Wildman–Crippen MR) is 135 cm³/mol. The molecular weight excluding hydrogens is 443 g/mol. The second-order valence-corrected chi connectivity index (χ2v) is 9.42. The number of fused-ring (bicyclic) bond motifs is 1. The van der Waals surface area contributed by atoms with Crippen LogP contribution < -0.4 is 11.1 Å². The van der Waals surface area contributed by atoms with Crippen molar-refractivity contribution in [2.24, 2.45) is 11.1 Å². The highest BCUT2D eigenvalue weighted by atomic mass is 19.1. The van der Waals surface area contributed by atoms with Crippen LogP contribution in [0.3, 0.4) is 0 Å². The fourth-order valence-electron chi connectivity index (χ4n) is 5.29. The van der Waals surface area contributed by atoms with E-state index in [9.17, 15) is 4.39 Å². The quantitative estimate of drug-likeness (QED) is 0.406. The molecule has 0 amide bonds. The lowest BCUT2D eigenvalue weighted by atomic mass is 9.78. The maximum Gasteiger partial charge on any atom is 0.220 e. The smallest absolute Gasteiger partial charge is 0.220 e. The molecule has 1 saturated heterocycles. The normalized spacial score (nSPS) is 19.5. The first kappa shape index (κ1) is 23.4. The van der Waals surface area contributed by atoms with Crippen molar-refractivity contribution in [3.8, 4) is 11.1 Å². The van der Waals surface area contributed by atoms with Gasteiger partial charge in [0.15, 0.2) is 0 Å². The summed E-state index contributed by atoms with van der Waals surface area (Å²) in [5.41, 5.74) is 12.1. The monoisotopic (exact) mass is 474 g/mol. The number of nitrogen functional groups attached to an aromatic ring is 1. The molecule has 7 nitrogen and oxygen atoms in total. The van der Waals surface area contributed by atoms with Gasteiger partial charge < -0.3 is 15.9 Å². The molecule has 3 aromatic rings. The second-order valence-electron chi connectivity index (χ2n) is 9.42.